The van der Waals surface area contributed by atoms with E-state index in [1.807, 2.05) is 19.1 Å². The van der Waals surface area contributed by atoms with Gasteiger partial charge in [0.15, 0.2) is 5.96 Å². The molecule has 2 N–H and O–H groups in total. The average Bonchev–Trinajstić information content (AvgIpc) is 3.20. The SMILES string of the molecule is CCOCCCN=C(NCCc1ccco1)NC1CCCC1.I. The summed E-state index contributed by atoms with van der Waals surface area (Å²) in [7, 11) is 0. The zero-order chi connectivity index (χ0) is 15.5. The minimum atomic E-state index is 0. The first kappa shape index (κ1) is 20.3. The summed E-state index contributed by atoms with van der Waals surface area (Å²) in [4.78, 5) is 4.66. The highest BCUT2D eigenvalue weighted by Crippen LogP contribution is 2.17. The fourth-order valence-electron chi connectivity index (χ4n) is 2.68. The lowest BCUT2D eigenvalue weighted by atomic mass is 10.2. The van der Waals surface area contributed by atoms with Gasteiger partial charge < -0.3 is 19.8 Å². The quantitative estimate of drug-likeness (QED) is 0.270. The normalized spacial score (nSPS) is 15.4. The maximum Gasteiger partial charge on any atom is 0.191 e. The van der Waals surface area contributed by atoms with Crippen molar-refractivity contribution in [3.8, 4) is 0 Å². The highest BCUT2D eigenvalue weighted by atomic mass is 127. The summed E-state index contributed by atoms with van der Waals surface area (Å²) in [6.07, 6.45) is 8.69. The van der Waals surface area contributed by atoms with E-state index in [4.69, 9.17) is 9.15 Å². The van der Waals surface area contributed by atoms with E-state index in [9.17, 15) is 0 Å². The Kier molecular flexibility index (Phi) is 11.1. The van der Waals surface area contributed by atoms with Crippen LogP contribution in [0.1, 0.15) is 44.8 Å². The van der Waals surface area contributed by atoms with E-state index < -0.39 is 0 Å². The van der Waals surface area contributed by atoms with E-state index >= 15 is 0 Å². The number of furan rings is 1. The van der Waals surface area contributed by atoms with Gasteiger partial charge in [-0.3, -0.25) is 4.99 Å². The molecule has 0 saturated heterocycles. The number of nitrogens with zero attached hydrogens (tertiary/aromatic N) is 1. The van der Waals surface area contributed by atoms with E-state index in [2.05, 4.69) is 15.6 Å². The first-order valence-corrected chi connectivity index (χ1v) is 8.53. The Labute approximate surface area is 156 Å². The summed E-state index contributed by atoms with van der Waals surface area (Å²) in [5.74, 6) is 1.93. The molecule has 1 aliphatic carbocycles. The van der Waals surface area contributed by atoms with E-state index in [0.29, 0.717) is 6.04 Å². The molecule has 1 aromatic rings. The molecular weight excluding hydrogens is 405 g/mol. The van der Waals surface area contributed by atoms with Crippen molar-refractivity contribution in [3.05, 3.63) is 24.2 Å². The van der Waals surface area contributed by atoms with Crippen LogP contribution in [0.3, 0.4) is 0 Å². The first-order chi connectivity index (χ1) is 10.9. The molecule has 6 heteroatoms. The van der Waals surface area contributed by atoms with Gasteiger partial charge in [-0.15, -0.1) is 24.0 Å². The highest BCUT2D eigenvalue weighted by Gasteiger charge is 2.15. The summed E-state index contributed by atoms with van der Waals surface area (Å²) >= 11 is 0. The second kappa shape index (κ2) is 12.6. The first-order valence-electron chi connectivity index (χ1n) is 8.53. The molecule has 0 atom stereocenters. The standard InChI is InChI=1S/C17H29N3O2.HI/c1-2-21-13-6-11-18-17(20-15-7-3-4-8-15)19-12-10-16-9-5-14-22-16;/h5,9,14-15H,2-4,6-8,10-13H2,1H3,(H2,18,19,20);1H. The predicted octanol–water partition coefficient (Wildman–Crippen LogP) is 3.34. The van der Waals surface area contributed by atoms with Gasteiger partial charge in [0, 0.05) is 38.8 Å². The van der Waals surface area contributed by atoms with Crippen molar-refractivity contribution in [3.63, 3.8) is 0 Å². The van der Waals surface area contributed by atoms with Gasteiger partial charge in [0.1, 0.15) is 5.76 Å². The van der Waals surface area contributed by atoms with Gasteiger partial charge in [0.05, 0.1) is 6.26 Å². The zero-order valence-corrected chi connectivity index (χ0v) is 16.4. The van der Waals surface area contributed by atoms with Crippen LogP contribution in [0.15, 0.2) is 27.8 Å². The molecule has 0 aromatic carbocycles. The van der Waals surface area contributed by atoms with Gasteiger partial charge in [-0.2, -0.15) is 0 Å². The number of hydrogen-bond donors (Lipinski definition) is 2. The van der Waals surface area contributed by atoms with Crippen LogP contribution in [-0.4, -0.2) is 38.3 Å². The molecule has 1 aromatic heterocycles. The molecule has 0 spiro atoms. The Balaban J connectivity index is 0.00000264. The minimum absolute atomic E-state index is 0. The second-order valence-electron chi connectivity index (χ2n) is 5.66. The second-order valence-corrected chi connectivity index (χ2v) is 5.66. The molecule has 0 amide bonds. The van der Waals surface area contributed by atoms with Crippen molar-refractivity contribution < 1.29 is 9.15 Å². The lowest BCUT2D eigenvalue weighted by molar-refractivity contribution is 0.146. The van der Waals surface area contributed by atoms with Gasteiger partial charge >= 0.3 is 0 Å². The van der Waals surface area contributed by atoms with Gasteiger partial charge in [-0.25, -0.2) is 0 Å². The van der Waals surface area contributed by atoms with Crippen LogP contribution in [-0.2, 0) is 11.2 Å². The van der Waals surface area contributed by atoms with E-state index in [1.165, 1.54) is 25.7 Å². The number of rotatable bonds is 9. The van der Waals surface area contributed by atoms with Crippen molar-refractivity contribution in [2.75, 3.05) is 26.3 Å². The molecule has 1 saturated carbocycles. The lowest BCUT2D eigenvalue weighted by Crippen LogP contribution is -2.43. The van der Waals surface area contributed by atoms with Crippen molar-refractivity contribution in [2.45, 2.75) is 51.5 Å². The molecule has 2 rings (SSSR count). The van der Waals surface area contributed by atoms with Crippen molar-refractivity contribution in [1.29, 1.82) is 0 Å². The van der Waals surface area contributed by atoms with Crippen LogP contribution in [0.4, 0.5) is 0 Å². The summed E-state index contributed by atoms with van der Waals surface area (Å²) in [6.45, 7) is 5.20. The molecule has 132 valence electrons. The molecule has 1 fully saturated rings. The molecule has 5 nitrogen and oxygen atoms in total. The molecule has 0 unspecified atom stereocenters. The molecule has 1 aliphatic rings. The summed E-state index contributed by atoms with van der Waals surface area (Å²) in [5, 5.41) is 6.97. The van der Waals surface area contributed by atoms with Crippen molar-refractivity contribution in [2.24, 2.45) is 4.99 Å². The maximum absolute atomic E-state index is 5.36. The van der Waals surface area contributed by atoms with Gasteiger partial charge in [-0.1, -0.05) is 12.8 Å². The van der Waals surface area contributed by atoms with Crippen LogP contribution in [0, 0.1) is 0 Å². The van der Waals surface area contributed by atoms with E-state index in [1.54, 1.807) is 6.26 Å². The van der Waals surface area contributed by atoms with Crippen molar-refractivity contribution >= 4 is 29.9 Å². The number of halogens is 1. The zero-order valence-electron chi connectivity index (χ0n) is 14.1. The molecular formula is C17H30IN3O2. The van der Waals surface area contributed by atoms with Gasteiger partial charge in [-0.05, 0) is 38.3 Å². The largest absolute Gasteiger partial charge is 0.469 e. The third-order valence-corrected chi connectivity index (χ3v) is 3.86. The van der Waals surface area contributed by atoms with Gasteiger partial charge in [0.2, 0.25) is 0 Å². The summed E-state index contributed by atoms with van der Waals surface area (Å²) in [5.41, 5.74) is 0. The fourth-order valence-corrected chi connectivity index (χ4v) is 2.68. The van der Waals surface area contributed by atoms with Crippen LogP contribution in [0.25, 0.3) is 0 Å². The number of nitrogens with one attached hydrogen (secondary N) is 2. The predicted molar refractivity (Wildman–Crippen MR) is 105 cm³/mol. The third-order valence-electron chi connectivity index (χ3n) is 3.86. The Bertz CT molecular complexity index is 417. The molecule has 1 heterocycles. The van der Waals surface area contributed by atoms with Crippen LogP contribution in [0.2, 0.25) is 0 Å². The van der Waals surface area contributed by atoms with Crippen LogP contribution >= 0.6 is 24.0 Å². The molecule has 0 bridgehead atoms. The Morgan fingerprint density at radius 3 is 2.91 bits per heavy atom. The minimum Gasteiger partial charge on any atom is -0.469 e. The smallest absolute Gasteiger partial charge is 0.191 e. The lowest BCUT2D eigenvalue weighted by Gasteiger charge is -2.17. The van der Waals surface area contributed by atoms with Crippen LogP contribution in [0.5, 0.6) is 0 Å². The monoisotopic (exact) mass is 435 g/mol. The number of ether oxygens (including phenoxy) is 1. The molecule has 0 aliphatic heterocycles. The molecule has 23 heavy (non-hydrogen) atoms. The maximum atomic E-state index is 5.36. The highest BCUT2D eigenvalue weighted by molar-refractivity contribution is 14.0. The average molecular weight is 435 g/mol. The number of aliphatic imine (C=N–C) groups is 1. The van der Waals surface area contributed by atoms with Crippen LogP contribution < -0.4 is 10.6 Å². The summed E-state index contributed by atoms with van der Waals surface area (Å²) in [6, 6.07) is 4.50. The summed E-state index contributed by atoms with van der Waals surface area (Å²) < 4.78 is 10.7. The Morgan fingerprint density at radius 2 is 2.22 bits per heavy atom. The van der Waals surface area contributed by atoms with Crippen molar-refractivity contribution in [1.82, 2.24) is 10.6 Å². The Morgan fingerprint density at radius 1 is 1.39 bits per heavy atom. The third kappa shape index (κ3) is 8.60. The number of hydrogen-bond acceptors (Lipinski definition) is 3. The van der Waals surface area contributed by atoms with E-state index in [0.717, 1.165) is 50.9 Å². The topological polar surface area (TPSA) is 58.8 Å². The molecule has 0 radical (unpaired) electrons. The van der Waals surface area contributed by atoms with E-state index in [-0.39, 0.29) is 24.0 Å². The Hall–Kier alpha value is -0.760. The fraction of sp³-hybridized carbons (Fsp3) is 0.706. The van der Waals surface area contributed by atoms with Gasteiger partial charge in [0.25, 0.3) is 0 Å². The number of guanidine groups is 1.